The first kappa shape index (κ1) is 12.7. The van der Waals surface area contributed by atoms with Crippen molar-refractivity contribution in [1.29, 1.82) is 0 Å². The number of hydrogen-bond donors (Lipinski definition) is 0. The standard InChI is InChI=1S/C14H16N4O2/c1-11-9-13(16-20-11)17-5-7-18(8-6-17)14(19)12-3-2-4-15-10-12/h2-4,9-10H,5-8H2,1H3. The number of anilines is 1. The van der Waals surface area contributed by atoms with E-state index >= 15 is 0 Å². The quantitative estimate of drug-likeness (QED) is 0.825. The molecule has 1 fully saturated rings. The van der Waals surface area contributed by atoms with E-state index < -0.39 is 0 Å². The lowest BCUT2D eigenvalue weighted by Gasteiger charge is -2.34. The molecular formula is C14H16N4O2. The minimum Gasteiger partial charge on any atom is -0.360 e. The molecule has 0 bridgehead atoms. The third-order valence-electron chi connectivity index (χ3n) is 3.41. The van der Waals surface area contributed by atoms with E-state index in [-0.39, 0.29) is 5.91 Å². The summed E-state index contributed by atoms with van der Waals surface area (Å²) in [6.07, 6.45) is 3.28. The topological polar surface area (TPSA) is 62.5 Å². The number of carbonyl (C=O) groups is 1. The first-order valence-corrected chi connectivity index (χ1v) is 6.61. The summed E-state index contributed by atoms with van der Waals surface area (Å²) < 4.78 is 5.08. The van der Waals surface area contributed by atoms with Crippen molar-refractivity contribution in [2.75, 3.05) is 31.1 Å². The van der Waals surface area contributed by atoms with Crippen LogP contribution in [0.1, 0.15) is 16.1 Å². The molecule has 0 radical (unpaired) electrons. The smallest absolute Gasteiger partial charge is 0.255 e. The van der Waals surface area contributed by atoms with Crippen molar-refractivity contribution < 1.29 is 9.32 Å². The van der Waals surface area contributed by atoms with Gasteiger partial charge >= 0.3 is 0 Å². The van der Waals surface area contributed by atoms with Gasteiger partial charge in [0.2, 0.25) is 0 Å². The molecule has 0 N–H and O–H groups in total. The summed E-state index contributed by atoms with van der Waals surface area (Å²) in [6, 6.07) is 5.49. The molecule has 0 unspecified atom stereocenters. The largest absolute Gasteiger partial charge is 0.360 e. The fourth-order valence-electron chi connectivity index (χ4n) is 2.31. The van der Waals surface area contributed by atoms with Gasteiger partial charge in [0.1, 0.15) is 5.76 Å². The van der Waals surface area contributed by atoms with Gasteiger partial charge in [-0.05, 0) is 19.1 Å². The number of rotatable bonds is 2. The Morgan fingerprint density at radius 3 is 2.70 bits per heavy atom. The highest BCUT2D eigenvalue weighted by molar-refractivity contribution is 5.94. The van der Waals surface area contributed by atoms with Gasteiger partial charge in [-0.1, -0.05) is 5.16 Å². The monoisotopic (exact) mass is 272 g/mol. The molecule has 1 saturated heterocycles. The highest BCUT2D eigenvalue weighted by atomic mass is 16.5. The predicted octanol–water partition coefficient (Wildman–Crippen LogP) is 1.34. The van der Waals surface area contributed by atoms with E-state index in [9.17, 15) is 4.79 Å². The Bertz CT molecular complexity index is 588. The molecule has 6 nitrogen and oxygen atoms in total. The first-order valence-electron chi connectivity index (χ1n) is 6.61. The van der Waals surface area contributed by atoms with Gasteiger partial charge in [0.15, 0.2) is 5.82 Å². The SMILES string of the molecule is Cc1cc(N2CCN(C(=O)c3cccnc3)CC2)no1. The van der Waals surface area contributed by atoms with Crippen molar-refractivity contribution in [1.82, 2.24) is 15.0 Å². The summed E-state index contributed by atoms with van der Waals surface area (Å²) in [5.74, 6) is 1.68. The molecule has 0 aromatic carbocycles. The highest BCUT2D eigenvalue weighted by Gasteiger charge is 2.23. The summed E-state index contributed by atoms with van der Waals surface area (Å²) in [5.41, 5.74) is 0.637. The zero-order chi connectivity index (χ0) is 13.9. The van der Waals surface area contributed by atoms with E-state index in [4.69, 9.17) is 4.52 Å². The maximum Gasteiger partial charge on any atom is 0.255 e. The van der Waals surface area contributed by atoms with Crippen LogP contribution in [0.4, 0.5) is 5.82 Å². The number of aryl methyl sites for hydroxylation is 1. The number of hydrogen-bond acceptors (Lipinski definition) is 5. The van der Waals surface area contributed by atoms with Crippen molar-refractivity contribution in [2.45, 2.75) is 6.92 Å². The summed E-state index contributed by atoms with van der Waals surface area (Å²) in [7, 11) is 0. The minimum absolute atomic E-state index is 0.0362. The van der Waals surface area contributed by atoms with Crippen LogP contribution in [0.15, 0.2) is 35.1 Å². The zero-order valence-electron chi connectivity index (χ0n) is 11.3. The molecule has 104 valence electrons. The molecule has 1 aliphatic rings. The normalized spacial score (nSPS) is 15.4. The van der Waals surface area contributed by atoms with E-state index in [0.717, 1.165) is 24.7 Å². The van der Waals surface area contributed by atoms with Crippen LogP contribution in [0, 0.1) is 6.92 Å². The maximum absolute atomic E-state index is 12.3. The van der Waals surface area contributed by atoms with Gasteiger partial charge in [-0.25, -0.2) is 0 Å². The molecule has 1 aliphatic heterocycles. The number of aromatic nitrogens is 2. The molecule has 0 aliphatic carbocycles. The maximum atomic E-state index is 12.3. The molecule has 6 heteroatoms. The van der Waals surface area contributed by atoms with Crippen molar-refractivity contribution in [2.24, 2.45) is 0 Å². The Morgan fingerprint density at radius 1 is 1.30 bits per heavy atom. The van der Waals surface area contributed by atoms with Gasteiger partial charge in [-0.2, -0.15) is 0 Å². The fourth-order valence-corrected chi connectivity index (χ4v) is 2.31. The second-order valence-electron chi connectivity index (χ2n) is 4.82. The van der Waals surface area contributed by atoms with Crippen molar-refractivity contribution in [3.8, 4) is 0 Å². The number of amides is 1. The van der Waals surface area contributed by atoms with E-state index in [1.54, 1.807) is 24.5 Å². The second kappa shape index (κ2) is 5.32. The van der Waals surface area contributed by atoms with Crippen molar-refractivity contribution in [3.63, 3.8) is 0 Å². The van der Waals surface area contributed by atoms with Crippen LogP contribution in [-0.2, 0) is 0 Å². The molecule has 3 heterocycles. The minimum atomic E-state index is 0.0362. The Labute approximate surface area is 117 Å². The zero-order valence-corrected chi connectivity index (χ0v) is 11.3. The Hall–Kier alpha value is -2.37. The van der Waals surface area contributed by atoms with Crippen LogP contribution in [-0.4, -0.2) is 47.1 Å². The van der Waals surface area contributed by atoms with Crippen LogP contribution >= 0.6 is 0 Å². The van der Waals surface area contributed by atoms with Crippen LogP contribution < -0.4 is 4.90 Å². The van der Waals surface area contributed by atoms with Gasteiger partial charge in [0, 0.05) is 44.6 Å². The van der Waals surface area contributed by atoms with Crippen LogP contribution in [0.5, 0.6) is 0 Å². The van der Waals surface area contributed by atoms with Crippen molar-refractivity contribution >= 4 is 11.7 Å². The lowest BCUT2D eigenvalue weighted by Crippen LogP contribution is -2.48. The summed E-state index contributed by atoms with van der Waals surface area (Å²) in [6.45, 7) is 4.76. The average molecular weight is 272 g/mol. The predicted molar refractivity (Wildman–Crippen MR) is 73.6 cm³/mol. The second-order valence-corrected chi connectivity index (χ2v) is 4.82. The molecule has 20 heavy (non-hydrogen) atoms. The van der Waals surface area contributed by atoms with Gasteiger partial charge < -0.3 is 14.3 Å². The molecule has 2 aromatic heterocycles. The number of pyridine rings is 1. The van der Waals surface area contributed by atoms with Crippen LogP contribution in [0.3, 0.4) is 0 Å². The van der Waals surface area contributed by atoms with E-state index in [1.165, 1.54) is 0 Å². The molecule has 0 spiro atoms. The lowest BCUT2D eigenvalue weighted by atomic mass is 10.2. The number of carbonyl (C=O) groups excluding carboxylic acids is 1. The fraction of sp³-hybridized carbons (Fsp3) is 0.357. The Balaban J connectivity index is 1.63. The Kier molecular flexibility index (Phi) is 3.37. The molecule has 0 saturated carbocycles. The third kappa shape index (κ3) is 2.49. The van der Waals surface area contributed by atoms with Gasteiger partial charge in [-0.15, -0.1) is 0 Å². The van der Waals surface area contributed by atoms with E-state index in [0.29, 0.717) is 18.7 Å². The van der Waals surface area contributed by atoms with Crippen molar-refractivity contribution in [3.05, 3.63) is 41.9 Å². The van der Waals surface area contributed by atoms with Gasteiger partial charge in [0.05, 0.1) is 5.56 Å². The molecule has 2 aromatic rings. The summed E-state index contributed by atoms with van der Waals surface area (Å²) in [5, 5.41) is 4.00. The molecule has 1 amide bonds. The van der Waals surface area contributed by atoms with Gasteiger partial charge in [-0.3, -0.25) is 9.78 Å². The Morgan fingerprint density at radius 2 is 2.10 bits per heavy atom. The molecule has 0 atom stereocenters. The van der Waals surface area contributed by atoms with Crippen LogP contribution in [0.25, 0.3) is 0 Å². The average Bonchev–Trinajstić information content (AvgIpc) is 2.94. The van der Waals surface area contributed by atoms with Crippen LogP contribution in [0.2, 0.25) is 0 Å². The van der Waals surface area contributed by atoms with Gasteiger partial charge in [0.25, 0.3) is 5.91 Å². The lowest BCUT2D eigenvalue weighted by molar-refractivity contribution is 0.0746. The molecule has 3 rings (SSSR count). The van der Waals surface area contributed by atoms with E-state index in [2.05, 4.69) is 15.0 Å². The molecular weight excluding hydrogens is 256 g/mol. The highest BCUT2D eigenvalue weighted by Crippen LogP contribution is 2.16. The first-order chi connectivity index (χ1) is 9.74. The summed E-state index contributed by atoms with van der Waals surface area (Å²) in [4.78, 5) is 20.2. The van der Waals surface area contributed by atoms with E-state index in [1.807, 2.05) is 17.9 Å². The summed E-state index contributed by atoms with van der Waals surface area (Å²) >= 11 is 0. The third-order valence-corrected chi connectivity index (χ3v) is 3.41. The number of piperazine rings is 1. The number of nitrogens with zero attached hydrogens (tertiary/aromatic N) is 4.